The van der Waals surface area contributed by atoms with Crippen LogP contribution < -0.4 is 10.0 Å². The van der Waals surface area contributed by atoms with Gasteiger partial charge in [-0.05, 0) is 43.5 Å². The third-order valence-corrected chi connectivity index (χ3v) is 6.91. The Hall–Kier alpha value is -2.29. The highest BCUT2D eigenvalue weighted by Gasteiger charge is 2.30. The number of rotatable bonds is 8. The second-order valence-corrected chi connectivity index (χ2v) is 9.19. The van der Waals surface area contributed by atoms with Crippen LogP contribution in [0.1, 0.15) is 25.3 Å². The number of halogens is 1. The topological polar surface area (TPSA) is 78.5 Å². The van der Waals surface area contributed by atoms with Crippen molar-refractivity contribution in [2.45, 2.75) is 43.2 Å². The van der Waals surface area contributed by atoms with Crippen LogP contribution in [-0.4, -0.2) is 50.9 Å². The van der Waals surface area contributed by atoms with E-state index in [0.717, 1.165) is 44.1 Å². The summed E-state index contributed by atoms with van der Waals surface area (Å²) in [7, 11) is -4.20. The molecule has 1 heterocycles. The third kappa shape index (κ3) is 5.87. The molecule has 0 unspecified atom stereocenters. The van der Waals surface area contributed by atoms with Gasteiger partial charge in [-0.25, -0.2) is 12.8 Å². The van der Waals surface area contributed by atoms with E-state index in [-0.39, 0.29) is 12.5 Å². The number of hydrogen-bond donors (Lipinski definition) is 2. The van der Waals surface area contributed by atoms with Crippen LogP contribution in [0, 0.1) is 5.82 Å². The molecule has 0 saturated carbocycles. The van der Waals surface area contributed by atoms with Gasteiger partial charge in [-0.3, -0.25) is 4.79 Å². The molecule has 1 amide bonds. The smallest absolute Gasteiger partial charge is 0.244 e. The van der Waals surface area contributed by atoms with Crippen LogP contribution in [0.15, 0.2) is 59.5 Å². The number of nitrogens with zero attached hydrogens (tertiary/aromatic N) is 1. The van der Waals surface area contributed by atoms with E-state index < -0.39 is 32.7 Å². The summed E-state index contributed by atoms with van der Waals surface area (Å²) in [4.78, 5) is 14.9. The molecule has 1 aliphatic heterocycles. The van der Waals surface area contributed by atoms with E-state index >= 15 is 0 Å². The molecule has 0 aliphatic carbocycles. The molecule has 3 rings (SSSR count). The lowest BCUT2D eigenvalue weighted by Gasteiger charge is -2.32. The van der Waals surface area contributed by atoms with E-state index in [1.165, 1.54) is 18.2 Å². The number of benzene rings is 2. The zero-order chi connectivity index (χ0) is 21.6. The molecule has 0 aromatic heterocycles. The number of hydrogen-bond acceptors (Lipinski definition) is 4. The lowest BCUT2D eigenvalue weighted by Crippen LogP contribution is -2.52. The Bertz CT molecular complexity index is 945. The zero-order valence-electron chi connectivity index (χ0n) is 17.1. The number of likely N-dealkylation sites (tertiary alicyclic amines) is 1. The summed E-state index contributed by atoms with van der Waals surface area (Å²) in [5.74, 6) is -1.25. The van der Waals surface area contributed by atoms with E-state index in [1.807, 2.05) is 30.3 Å². The van der Waals surface area contributed by atoms with Gasteiger partial charge in [-0.2, -0.15) is 4.72 Å². The van der Waals surface area contributed by atoms with Gasteiger partial charge in [-0.1, -0.05) is 49.4 Å². The van der Waals surface area contributed by atoms with Crippen LogP contribution in [0.4, 0.5) is 4.39 Å². The average Bonchev–Trinajstić information content (AvgIpc) is 2.74. The molecule has 6 nitrogen and oxygen atoms in total. The van der Waals surface area contributed by atoms with Crippen LogP contribution in [0.2, 0.25) is 0 Å². The van der Waals surface area contributed by atoms with Gasteiger partial charge >= 0.3 is 0 Å². The second kappa shape index (κ2) is 10.1. The summed E-state index contributed by atoms with van der Waals surface area (Å²) in [5.41, 5.74) is 0.815. The predicted octanol–water partition coefficient (Wildman–Crippen LogP) is 2.32. The van der Waals surface area contributed by atoms with Gasteiger partial charge in [0, 0.05) is 19.1 Å². The summed E-state index contributed by atoms with van der Waals surface area (Å²) < 4.78 is 42.1. The lowest BCUT2D eigenvalue weighted by molar-refractivity contribution is -0.123. The molecule has 30 heavy (non-hydrogen) atoms. The number of piperidine rings is 1. The first-order valence-corrected chi connectivity index (χ1v) is 11.7. The standard InChI is InChI=1S/C22H28FN3O3S/c1-2-26-14-12-18(13-15-26)24-22(27)20(16-17-8-4-3-5-9-17)25-30(28,29)21-11-7-6-10-19(21)23/h3-11,18,20,25H,2,12-16H2,1H3,(H,24,27)/t20-/m0/s1. The Labute approximate surface area is 177 Å². The van der Waals surface area contributed by atoms with Crippen molar-refractivity contribution in [3.05, 3.63) is 66.0 Å². The minimum absolute atomic E-state index is 0.00320. The Morgan fingerprint density at radius 3 is 2.37 bits per heavy atom. The van der Waals surface area contributed by atoms with Crippen molar-refractivity contribution in [3.8, 4) is 0 Å². The molecule has 2 aromatic carbocycles. The fraction of sp³-hybridized carbons (Fsp3) is 0.409. The SMILES string of the molecule is CCN1CCC(NC(=O)[C@H](Cc2ccccc2)NS(=O)(=O)c2ccccc2F)CC1. The predicted molar refractivity (Wildman–Crippen MR) is 114 cm³/mol. The summed E-state index contributed by atoms with van der Waals surface area (Å²) in [6.07, 6.45) is 1.81. The van der Waals surface area contributed by atoms with Gasteiger partial charge in [0.05, 0.1) is 0 Å². The van der Waals surface area contributed by atoms with Crippen molar-refractivity contribution in [1.29, 1.82) is 0 Å². The van der Waals surface area contributed by atoms with Crippen molar-refractivity contribution in [1.82, 2.24) is 14.9 Å². The highest BCUT2D eigenvalue weighted by atomic mass is 32.2. The van der Waals surface area contributed by atoms with Gasteiger partial charge < -0.3 is 10.2 Å². The molecule has 1 aliphatic rings. The first-order chi connectivity index (χ1) is 14.4. The van der Waals surface area contributed by atoms with Crippen molar-refractivity contribution in [2.75, 3.05) is 19.6 Å². The molecular formula is C22H28FN3O3S. The van der Waals surface area contributed by atoms with E-state index in [4.69, 9.17) is 0 Å². The molecule has 8 heteroatoms. The number of sulfonamides is 1. The first-order valence-electron chi connectivity index (χ1n) is 10.2. The van der Waals surface area contributed by atoms with E-state index in [1.54, 1.807) is 0 Å². The maximum atomic E-state index is 14.1. The molecule has 1 fully saturated rings. The number of carbonyl (C=O) groups excluding carboxylic acids is 1. The normalized spacial score (nSPS) is 16.9. The summed E-state index contributed by atoms with van der Waals surface area (Å²) in [6.45, 7) is 4.86. The van der Waals surface area contributed by atoms with Crippen LogP contribution in [0.3, 0.4) is 0 Å². The van der Waals surface area contributed by atoms with Gasteiger partial charge in [0.2, 0.25) is 15.9 Å². The summed E-state index contributed by atoms with van der Waals surface area (Å²) in [5, 5.41) is 2.99. The monoisotopic (exact) mass is 433 g/mol. The lowest BCUT2D eigenvalue weighted by atomic mass is 10.0. The highest BCUT2D eigenvalue weighted by Crippen LogP contribution is 2.16. The molecule has 1 atom stereocenters. The van der Waals surface area contributed by atoms with Gasteiger partial charge in [0.1, 0.15) is 16.8 Å². The fourth-order valence-electron chi connectivity index (χ4n) is 3.65. The minimum Gasteiger partial charge on any atom is -0.352 e. The quantitative estimate of drug-likeness (QED) is 0.670. The highest BCUT2D eigenvalue weighted by molar-refractivity contribution is 7.89. The van der Waals surface area contributed by atoms with Crippen molar-refractivity contribution in [3.63, 3.8) is 0 Å². The molecule has 2 N–H and O–H groups in total. The third-order valence-electron chi connectivity index (χ3n) is 5.40. The average molecular weight is 434 g/mol. The van der Waals surface area contributed by atoms with E-state index in [0.29, 0.717) is 0 Å². The maximum Gasteiger partial charge on any atom is 0.244 e. The number of amides is 1. The second-order valence-electron chi connectivity index (χ2n) is 7.51. The summed E-state index contributed by atoms with van der Waals surface area (Å²) >= 11 is 0. The molecule has 0 bridgehead atoms. The van der Waals surface area contributed by atoms with Crippen LogP contribution in [0.5, 0.6) is 0 Å². The van der Waals surface area contributed by atoms with Gasteiger partial charge in [0.25, 0.3) is 0 Å². The molecule has 162 valence electrons. The Morgan fingerprint density at radius 1 is 1.10 bits per heavy atom. The van der Waals surface area contributed by atoms with Gasteiger partial charge in [0.15, 0.2) is 0 Å². The molecule has 0 radical (unpaired) electrons. The molecule has 2 aromatic rings. The van der Waals surface area contributed by atoms with E-state index in [2.05, 4.69) is 21.9 Å². The maximum absolute atomic E-state index is 14.1. The van der Waals surface area contributed by atoms with Crippen molar-refractivity contribution in [2.24, 2.45) is 0 Å². The largest absolute Gasteiger partial charge is 0.352 e. The summed E-state index contributed by atoms with van der Waals surface area (Å²) in [6, 6.07) is 13.3. The minimum atomic E-state index is -4.20. The van der Waals surface area contributed by atoms with Crippen LogP contribution in [-0.2, 0) is 21.2 Å². The Kier molecular flexibility index (Phi) is 7.58. The van der Waals surface area contributed by atoms with Gasteiger partial charge in [-0.15, -0.1) is 0 Å². The number of nitrogens with one attached hydrogen (secondary N) is 2. The van der Waals surface area contributed by atoms with E-state index in [9.17, 15) is 17.6 Å². The first kappa shape index (κ1) is 22.4. The molecular weight excluding hydrogens is 405 g/mol. The number of carbonyl (C=O) groups is 1. The Balaban J connectivity index is 1.76. The van der Waals surface area contributed by atoms with Crippen molar-refractivity contribution < 1.29 is 17.6 Å². The van der Waals surface area contributed by atoms with Crippen LogP contribution in [0.25, 0.3) is 0 Å². The van der Waals surface area contributed by atoms with Crippen LogP contribution >= 0.6 is 0 Å². The zero-order valence-corrected chi connectivity index (χ0v) is 17.9. The fourth-order valence-corrected chi connectivity index (χ4v) is 4.92. The molecule has 1 saturated heterocycles. The Morgan fingerprint density at radius 2 is 1.73 bits per heavy atom. The molecule has 0 spiro atoms. The van der Waals surface area contributed by atoms with Crippen molar-refractivity contribution >= 4 is 15.9 Å².